The maximum Gasteiger partial charge on any atom is 0.247 e. The number of halogens is 2. The summed E-state index contributed by atoms with van der Waals surface area (Å²) in [5, 5.41) is 0. The van der Waals surface area contributed by atoms with Gasteiger partial charge in [-0.3, -0.25) is 9.00 Å². The van der Waals surface area contributed by atoms with Crippen LogP contribution in [0.5, 0.6) is 0 Å². The Kier molecular flexibility index (Phi) is 5.45. The molecule has 0 amide bonds. The van der Waals surface area contributed by atoms with Crippen LogP contribution >= 0.6 is 0 Å². The Hall–Kier alpha value is -2.56. The van der Waals surface area contributed by atoms with Crippen LogP contribution in [0.25, 0.3) is 11.2 Å². The molecule has 26 heavy (non-hydrogen) atoms. The molecule has 0 saturated carbocycles. The predicted molar refractivity (Wildman–Crippen MR) is 86.8 cm³/mol. The van der Waals surface area contributed by atoms with E-state index in [0.717, 1.165) is 18.5 Å². The van der Waals surface area contributed by atoms with Crippen LogP contribution in [0.1, 0.15) is 28.0 Å². The summed E-state index contributed by atoms with van der Waals surface area (Å²) in [6.07, 6.45) is 1.46. The minimum atomic E-state index is -2.42. The van der Waals surface area contributed by atoms with E-state index in [0.29, 0.717) is 5.52 Å². The highest BCUT2D eigenvalue weighted by Gasteiger charge is 2.20. The zero-order valence-electron chi connectivity index (χ0n) is 13.2. The Balaban J connectivity index is 1.86. The fourth-order valence-electron chi connectivity index (χ4n) is 2.44. The number of hydrogen-bond donors (Lipinski definition) is 1. The number of carbonyl (C=O) groups is 1. The van der Waals surface area contributed by atoms with Crippen LogP contribution in [-0.2, 0) is 17.7 Å². The van der Waals surface area contributed by atoms with E-state index in [1.54, 1.807) is 0 Å². The molecule has 2 heterocycles. The summed E-state index contributed by atoms with van der Waals surface area (Å²) in [4.78, 5) is 20.4. The second kappa shape index (κ2) is 7.77. The lowest BCUT2D eigenvalue weighted by molar-refractivity contribution is 0.103. The molecule has 1 unspecified atom stereocenters. The molecule has 10 heteroatoms. The summed E-state index contributed by atoms with van der Waals surface area (Å²) in [7, 11) is 0. The number of fused-ring (bicyclic) bond motifs is 1. The molecule has 1 N–H and O–H groups in total. The molecule has 0 bridgehead atoms. The maximum atomic E-state index is 14.6. The monoisotopic (exact) mass is 380 g/mol. The molecule has 3 aromatic rings. The van der Waals surface area contributed by atoms with Crippen molar-refractivity contribution in [3.63, 3.8) is 0 Å². The van der Waals surface area contributed by atoms with E-state index in [1.807, 2.05) is 0 Å². The van der Waals surface area contributed by atoms with Crippen molar-refractivity contribution in [2.24, 2.45) is 0 Å². The largest absolute Gasteiger partial charge is 0.760 e. The van der Waals surface area contributed by atoms with Gasteiger partial charge in [0.25, 0.3) is 0 Å². The van der Waals surface area contributed by atoms with E-state index < -0.39 is 34.2 Å². The van der Waals surface area contributed by atoms with Gasteiger partial charge in [0.15, 0.2) is 6.39 Å². The van der Waals surface area contributed by atoms with E-state index in [1.165, 1.54) is 12.1 Å². The van der Waals surface area contributed by atoms with E-state index in [9.17, 15) is 22.3 Å². The van der Waals surface area contributed by atoms with Gasteiger partial charge in [0.05, 0.1) is 5.56 Å². The number of benzene rings is 1. The van der Waals surface area contributed by atoms with E-state index in [-0.39, 0.29) is 36.4 Å². The third kappa shape index (κ3) is 3.98. The van der Waals surface area contributed by atoms with Crippen molar-refractivity contribution in [2.75, 3.05) is 6.54 Å². The van der Waals surface area contributed by atoms with Crippen molar-refractivity contribution in [1.29, 1.82) is 0 Å². The molecule has 0 spiro atoms. The average molecular weight is 380 g/mol. The molecule has 2 aromatic heterocycles. The molecule has 136 valence electrons. The number of ketones is 1. The van der Waals surface area contributed by atoms with Gasteiger partial charge < -0.3 is 8.97 Å². The van der Waals surface area contributed by atoms with Crippen LogP contribution < -0.4 is 4.72 Å². The zero-order valence-corrected chi connectivity index (χ0v) is 14.0. The summed E-state index contributed by atoms with van der Waals surface area (Å²) in [6, 6.07) is 4.63. The first-order valence-corrected chi connectivity index (χ1v) is 8.59. The van der Waals surface area contributed by atoms with Crippen molar-refractivity contribution in [3.8, 4) is 0 Å². The van der Waals surface area contributed by atoms with Gasteiger partial charge in [0.2, 0.25) is 11.5 Å². The minimum absolute atomic E-state index is 0.0208. The normalized spacial score (nSPS) is 12.4. The summed E-state index contributed by atoms with van der Waals surface area (Å²) < 4.78 is 56.4. The standard InChI is InChI=1S/C16H13F2N3O4S/c17-10-6-9(2-1-5-20-26(23)24)14(18)11(7-10)15(22)12-3-4-13-16(21-12)25-8-19-13/h3-4,6-8,20H,1-2,5H2,(H,23,24)/p-1. The van der Waals surface area contributed by atoms with Crippen molar-refractivity contribution >= 4 is 28.3 Å². The molecule has 0 aliphatic carbocycles. The van der Waals surface area contributed by atoms with Crippen molar-refractivity contribution in [1.82, 2.24) is 14.7 Å². The van der Waals surface area contributed by atoms with E-state index in [4.69, 9.17) is 4.42 Å². The minimum Gasteiger partial charge on any atom is -0.760 e. The average Bonchev–Trinajstić information content (AvgIpc) is 3.08. The summed E-state index contributed by atoms with van der Waals surface area (Å²) in [5.74, 6) is -2.43. The first kappa shape index (κ1) is 18.2. The van der Waals surface area contributed by atoms with Crippen molar-refractivity contribution in [3.05, 3.63) is 59.1 Å². The molecule has 0 aliphatic rings. The quantitative estimate of drug-likeness (QED) is 0.382. The summed E-state index contributed by atoms with van der Waals surface area (Å²) >= 11 is -2.42. The number of hydrogen-bond acceptors (Lipinski definition) is 6. The Labute approximate surface area is 148 Å². The molecular weight excluding hydrogens is 368 g/mol. The topological polar surface area (TPSA) is 108 Å². The molecule has 0 radical (unpaired) electrons. The van der Waals surface area contributed by atoms with Gasteiger partial charge in [-0.05, 0) is 42.7 Å². The van der Waals surface area contributed by atoms with Gasteiger partial charge in [0, 0.05) is 17.8 Å². The number of rotatable bonds is 7. The molecule has 0 aliphatic heterocycles. The zero-order chi connectivity index (χ0) is 18.7. The van der Waals surface area contributed by atoms with Crippen molar-refractivity contribution in [2.45, 2.75) is 12.8 Å². The van der Waals surface area contributed by atoms with Gasteiger partial charge in [-0.1, -0.05) is 0 Å². The van der Waals surface area contributed by atoms with Crippen LogP contribution in [0.3, 0.4) is 0 Å². The first-order valence-electron chi connectivity index (χ1n) is 7.51. The Morgan fingerprint density at radius 3 is 2.88 bits per heavy atom. The Morgan fingerprint density at radius 2 is 2.12 bits per heavy atom. The molecule has 7 nitrogen and oxygen atoms in total. The molecule has 3 rings (SSSR count). The Bertz CT molecular complexity index is 993. The fraction of sp³-hybridized carbons (Fsp3) is 0.188. The smallest absolute Gasteiger partial charge is 0.247 e. The lowest BCUT2D eigenvalue weighted by Crippen LogP contribution is -2.18. The highest BCUT2D eigenvalue weighted by Crippen LogP contribution is 2.21. The van der Waals surface area contributed by atoms with Gasteiger partial charge in [0.1, 0.15) is 22.8 Å². The van der Waals surface area contributed by atoms with Gasteiger partial charge in [-0.25, -0.2) is 23.5 Å². The maximum absolute atomic E-state index is 14.6. The van der Waals surface area contributed by atoms with Crippen LogP contribution in [-0.4, -0.2) is 31.1 Å². The third-order valence-electron chi connectivity index (χ3n) is 3.63. The molecular formula is C16H12F2N3O4S-. The number of nitrogens with one attached hydrogen (secondary N) is 1. The fourth-order valence-corrected chi connectivity index (χ4v) is 2.75. The van der Waals surface area contributed by atoms with E-state index in [2.05, 4.69) is 14.7 Å². The number of pyridine rings is 1. The third-order valence-corrected chi connectivity index (χ3v) is 4.07. The number of oxazole rings is 1. The summed E-state index contributed by atoms with van der Waals surface area (Å²) in [6.45, 7) is 0.0685. The second-order valence-corrected chi connectivity index (χ2v) is 6.12. The number of carbonyl (C=O) groups excluding carboxylic acids is 1. The van der Waals surface area contributed by atoms with Crippen LogP contribution in [0.2, 0.25) is 0 Å². The molecule has 1 aromatic carbocycles. The molecule has 0 saturated heterocycles. The SMILES string of the molecule is O=C(c1ccc2ncoc2n1)c1cc(F)cc(CCCNS(=O)[O-])c1F. The van der Waals surface area contributed by atoms with E-state index >= 15 is 0 Å². The predicted octanol–water partition coefficient (Wildman–Crippen LogP) is 2.05. The van der Waals surface area contributed by atoms with Crippen molar-refractivity contribution < 1.29 is 26.8 Å². The number of aromatic nitrogens is 2. The Morgan fingerprint density at radius 1 is 1.31 bits per heavy atom. The lowest BCUT2D eigenvalue weighted by atomic mass is 10.0. The van der Waals surface area contributed by atoms with Gasteiger partial charge in [-0.2, -0.15) is 0 Å². The van der Waals surface area contributed by atoms with Crippen LogP contribution in [0, 0.1) is 11.6 Å². The van der Waals surface area contributed by atoms with Gasteiger partial charge in [-0.15, -0.1) is 0 Å². The van der Waals surface area contributed by atoms with Gasteiger partial charge >= 0.3 is 0 Å². The number of aryl methyl sites for hydroxylation is 1. The summed E-state index contributed by atoms with van der Waals surface area (Å²) in [5.41, 5.74) is -0.0257. The second-order valence-electron chi connectivity index (χ2n) is 5.36. The van der Waals surface area contributed by atoms with Crippen LogP contribution in [0.4, 0.5) is 8.78 Å². The van der Waals surface area contributed by atoms with Crippen LogP contribution in [0.15, 0.2) is 35.1 Å². The first-order chi connectivity index (χ1) is 12.5. The highest BCUT2D eigenvalue weighted by atomic mass is 32.2. The lowest BCUT2D eigenvalue weighted by Gasteiger charge is -2.10. The molecule has 0 fully saturated rings. The molecule has 1 atom stereocenters. The number of nitrogens with zero attached hydrogens (tertiary/aromatic N) is 2. The highest BCUT2D eigenvalue weighted by molar-refractivity contribution is 7.77.